The monoisotopic (exact) mass is 305 g/mol. The molecule has 2 nitrogen and oxygen atoms in total. The highest BCUT2D eigenvalue weighted by Crippen LogP contribution is 2.20. The smallest absolute Gasteiger partial charge is 0.254 e. The van der Waals surface area contributed by atoms with Crippen LogP contribution in [0, 0.1) is 12.7 Å². The molecule has 4 heteroatoms. The topological polar surface area (TPSA) is 29.1 Å². The van der Waals surface area contributed by atoms with Crippen LogP contribution in [0.4, 0.5) is 4.39 Å². The number of halogens is 2. The van der Waals surface area contributed by atoms with Crippen LogP contribution in [-0.4, -0.2) is 5.91 Å². The first-order chi connectivity index (χ1) is 10.0. The lowest BCUT2D eigenvalue weighted by atomic mass is 10.0. The Kier molecular flexibility index (Phi) is 4.97. The molecule has 0 aliphatic carbocycles. The van der Waals surface area contributed by atoms with Gasteiger partial charge >= 0.3 is 0 Å². The second kappa shape index (κ2) is 6.72. The van der Waals surface area contributed by atoms with Crippen molar-refractivity contribution in [3.05, 3.63) is 70.0 Å². The highest BCUT2D eigenvalue weighted by Gasteiger charge is 2.17. The van der Waals surface area contributed by atoms with Crippen molar-refractivity contribution in [2.75, 3.05) is 0 Å². The molecule has 2 rings (SSSR count). The second-order valence-corrected chi connectivity index (χ2v) is 5.41. The van der Waals surface area contributed by atoms with Gasteiger partial charge in [0.15, 0.2) is 0 Å². The molecule has 2 aromatic rings. The molecule has 0 aromatic heterocycles. The number of amides is 1. The summed E-state index contributed by atoms with van der Waals surface area (Å²) in [6.45, 7) is 3.98. The van der Waals surface area contributed by atoms with E-state index in [4.69, 9.17) is 11.6 Å². The van der Waals surface area contributed by atoms with Crippen molar-refractivity contribution in [3.63, 3.8) is 0 Å². The van der Waals surface area contributed by atoms with Gasteiger partial charge in [0.05, 0.1) is 11.6 Å². The minimum Gasteiger partial charge on any atom is -0.345 e. The fourth-order valence-electron chi connectivity index (χ4n) is 2.13. The molecule has 21 heavy (non-hydrogen) atoms. The first kappa shape index (κ1) is 15.5. The van der Waals surface area contributed by atoms with Gasteiger partial charge in [-0.15, -0.1) is 0 Å². The lowest BCUT2D eigenvalue weighted by Crippen LogP contribution is -2.28. The van der Waals surface area contributed by atoms with Crippen LogP contribution >= 0.6 is 11.6 Å². The van der Waals surface area contributed by atoms with Gasteiger partial charge < -0.3 is 5.32 Å². The Bertz CT molecular complexity index is 640. The van der Waals surface area contributed by atoms with E-state index in [0.29, 0.717) is 5.02 Å². The Hall–Kier alpha value is -1.87. The van der Waals surface area contributed by atoms with E-state index in [1.54, 1.807) is 0 Å². The molecular weight excluding hydrogens is 289 g/mol. The molecule has 0 bridgehead atoms. The molecule has 0 saturated heterocycles. The van der Waals surface area contributed by atoms with Crippen LogP contribution in [0.3, 0.4) is 0 Å². The van der Waals surface area contributed by atoms with E-state index in [9.17, 15) is 9.18 Å². The zero-order chi connectivity index (χ0) is 15.4. The molecule has 0 heterocycles. The number of nitrogens with one attached hydrogen (secondary N) is 1. The highest BCUT2D eigenvalue weighted by atomic mass is 35.5. The summed E-state index contributed by atoms with van der Waals surface area (Å²) in [7, 11) is 0. The molecule has 1 amide bonds. The molecule has 1 N–H and O–H groups in total. The third-order valence-corrected chi connectivity index (χ3v) is 3.60. The van der Waals surface area contributed by atoms with Crippen LogP contribution < -0.4 is 5.32 Å². The normalized spacial score (nSPS) is 12.0. The maximum absolute atomic E-state index is 13.7. The fraction of sp³-hybridized carbons (Fsp3) is 0.235. The average molecular weight is 306 g/mol. The number of hydrogen-bond acceptors (Lipinski definition) is 1. The van der Waals surface area contributed by atoms with E-state index in [0.717, 1.165) is 17.5 Å². The lowest BCUT2D eigenvalue weighted by molar-refractivity contribution is 0.0931. The number of carbonyl (C=O) groups excluding carboxylic acids is 1. The number of benzene rings is 2. The SMILES string of the molecule is CC[C@@H](NC(=O)c1cc(Cl)ccc1F)c1ccc(C)cc1. The first-order valence-corrected chi connectivity index (χ1v) is 7.21. The number of carbonyl (C=O) groups is 1. The Morgan fingerprint density at radius 1 is 1.24 bits per heavy atom. The van der Waals surface area contributed by atoms with Crippen molar-refractivity contribution in [1.29, 1.82) is 0 Å². The van der Waals surface area contributed by atoms with Gasteiger partial charge in [0, 0.05) is 5.02 Å². The zero-order valence-corrected chi connectivity index (χ0v) is 12.7. The van der Waals surface area contributed by atoms with Gasteiger partial charge in [-0.2, -0.15) is 0 Å². The molecule has 110 valence electrons. The van der Waals surface area contributed by atoms with Crippen molar-refractivity contribution in [3.8, 4) is 0 Å². The molecule has 1 atom stereocenters. The maximum Gasteiger partial charge on any atom is 0.254 e. The zero-order valence-electron chi connectivity index (χ0n) is 12.0. The van der Waals surface area contributed by atoms with E-state index >= 15 is 0 Å². The van der Waals surface area contributed by atoms with E-state index < -0.39 is 11.7 Å². The van der Waals surface area contributed by atoms with E-state index in [-0.39, 0.29) is 11.6 Å². The van der Waals surface area contributed by atoms with Crippen molar-refractivity contribution in [2.45, 2.75) is 26.3 Å². The summed E-state index contributed by atoms with van der Waals surface area (Å²) >= 11 is 5.82. The van der Waals surface area contributed by atoms with Crippen LogP contribution in [0.1, 0.15) is 40.9 Å². The number of rotatable bonds is 4. The van der Waals surface area contributed by atoms with Crippen molar-refractivity contribution < 1.29 is 9.18 Å². The van der Waals surface area contributed by atoms with Gasteiger partial charge in [0.1, 0.15) is 5.82 Å². The van der Waals surface area contributed by atoms with Crippen LogP contribution in [0.5, 0.6) is 0 Å². The van der Waals surface area contributed by atoms with Crippen LogP contribution in [0.15, 0.2) is 42.5 Å². The third kappa shape index (κ3) is 3.82. The minimum atomic E-state index is -0.573. The van der Waals surface area contributed by atoms with Crippen molar-refractivity contribution in [1.82, 2.24) is 5.32 Å². The Morgan fingerprint density at radius 2 is 1.90 bits per heavy atom. The lowest BCUT2D eigenvalue weighted by Gasteiger charge is -2.18. The molecule has 0 fully saturated rings. The summed E-state index contributed by atoms with van der Waals surface area (Å²) < 4.78 is 13.7. The number of aryl methyl sites for hydroxylation is 1. The molecule has 0 aliphatic heterocycles. The summed E-state index contributed by atoms with van der Waals surface area (Å²) in [6.07, 6.45) is 0.719. The molecule has 0 radical (unpaired) electrons. The highest BCUT2D eigenvalue weighted by molar-refractivity contribution is 6.31. The molecule has 0 unspecified atom stereocenters. The standard InChI is InChI=1S/C17H17ClFNO/c1-3-16(12-6-4-11(2)5-7-12)20-17(21)14-10-13(18)8-9-15(14)19/h4-10,16H,3H2,1-2H3,(H,20,21)/t16-/m1/s1. The predicted octanol–water partition coefficient (Wildman–Crippen LogP) is 4.67. The first-order valence-electron chi connectivity index (χ1n) is 6.83. The summed E-state index contributed by atoms with van der Waals surface area (Å²) in [5, 5.41) is 3.19. The average Bonchev–Trinajstić information content (AvgIpc) is 2.48. The molecular formula is C17H17ClFNO. The van der Waals surface area contributed by atoms with E-state index in [2.05, 4.69) is 5.32 Å². The van der Waals surface area contributed by atoms with Gasteiger partial charge in [0.25, 0.3) is 5.91 Å². The Morgan fingerprint density at radius 3 is 2.52 bits per heavy atom. The predicted molar refractivity (Wildman–Crippen MR) is 83.1 cm³/mol. The number of hydrogen-bond donors (Lipinski definition) is 1. The fourth-order valence-corrected chi connectivity index (χ4v) is 2.30. The van der Waals surface area contributed by atoms with Crippen LogP contribution in [0.2, 0.25) is 5.02 Å². The largest absolute Gasteiger partial charge is 0.345 e. The third-order valence-electron chi connectivity index (χ3n) is 3.37. The quantitative estimate of drug-likeness (QED) is 0.874. The molecule has 2 aromatic carbocycles. The summed E-state index contributed by atoms with van der Waals surface area (Å²) in [5.74, 6) is -1.03. The van der Waals surface area contributed by atoms with E-state index in [1.165, 1.54) is 18.2 Å². The molecule has 0 aliphatic rings. The summed E-state index contributed by atoms with van der Waals surface area (Å²) in [5.41, 5.74) is 2.12. The Labute approximate surface area is 128 Å². The second-order valence-electron chi connectivity index (χ2n) is 4.97. The van der Waals surface area contributed by atoms with Gasteiger partial charge in [0.2, 0.25) is 0 Å². The van der Waals surface area contributed by atoms with Crippen molar-refractivity contribution in [2.24, 2.45) is 0 Å². The minimum absolute atomic E-state index is 0.0342. The van der Waals surface area contributed by atoms with Gasteiger partial charge in [-0.25, -0.2) is 4.39 Å². The van der Waals surface area contributed by atoms with E-state index in [1.807, 2.05) is 38.1 Å². The van der Waals surface area contributed by atoms with Crippen LogP contribution in [0.25, 0.3) is 0 Å². The van der Waals surface area contributed by atoms with Gasteiger partial charge in [-0.05, 0) is 37.1 Å². The van der Waals surface area contributed by atoms with Crippen LogP contribution in [-0.2, 0) is 0 Å². The van der Waals surface area contributed by atoms with Gasteiger partial charge in [-0.1, -0.05) is 48.4 Å². The maximum atomic E-state index is 13.7. The molecule has 0 spiro atoms. The van der Waals surface area contributed by atoms with Gasteiger partial charge in [-0.3, -0.25) is 4.79 Å². The molecule has 0 saturated carbocycles. The Balaban J connectivity index is 2.20. The summed E-state index contributed by atoms with van der Waals surface area (Å²) in [4.78, 5) is 12.2. The van der Waals surface area contributed by atoms with Crippen molar-refractivity contribution >= 4 is 17.5 Å². The summed E-state index contributed by atoms with van der Waals surface area (Å²) in [6, 6.07) is 11.7.